The van der Waals surface area contributed by atoms with Crippen molar-refractivity contribution in [1.82, 2.24) is 0 Å². The third kappa shape index (κ3) is 1.53. The normalized spacial score (nSPS) is 9.09. The first-order chi connectivity index (χ1) is 5.25. The lowest BCUT2D eigenvalue weighted by Gasteiger charge is -2.03. The summed E-state index contributed by atoms with van der Waals surface area (Å²) in [5.41, 5.74) is 8.75. The van der Waals surface area contributed by atoms with E-state index in [0.29, 0.717) is 6.42 Å². The van der Waals surface area contributed by atoms with Crippen molar-refractivity contribution in [2.24, 2.45) is 0 Å². The van der Waals surface area contributed by atoms with Gasteiger partial charge >= 0.3 is 0 Å². The summed E-state index contributed by atoms with van der Waals surface area (Å²) in [4.78, 5) is 0. The summed E-state index contributed by atoms with van der Waals surface area (Å²) >= 11 is 0. The average Bonchev–Trinajstić information content (AvgIpc) is 1.99. The Hall–Kier alpha value is -1.42. The maximum atomic E-state index is 5.68. The molecule has 0 atom stereocenters. The van der Waals surface area contributed by atoms with Crippen molar-refractivity contribution in [3.8, 4) is 12.3 Å². The van der Waals surface area contributed by atoms with Crippen LogP contribution in [0.3, 0.4) is 0 Å². The van der Waals surface area contributed by atoms with Crippen LogP contribution < -0.4 is 5.73 Å². The van der Waals surface area contributed by atoms with E-state index in [0.717, 1.165) is 16.8 Å². The largest absolute Gasteiger partial charge is 0.399 e. The Bertz CT molecular complexity index is 294. The maximum absolute atomic E-state index is 5.68. The second kappa shape index (κ2) is 3.12. The summed E-state index contributed by atoms with van der Waals surface area (Å²) in [5, 5.41) is 0. The fourth-order valence-corrected chi connectivity index (χ4v) is 1.00. The predicted octanol–water partition coefficient (Wildman–Crippen LogP) is 1.75. The molecular weight excluding hydrogens is 134 g/mol. The minimum absolute atomic E-state index is 0.664. The summed E-state index contributed by atoms with van der Waals surface area (Å²) in [5.74, 6) is 2.60. The van der Waals surface area contributed by atoms with Crippen LogP contribution in [-0.2, 0) is 6.42 Å². The van der Waals surface area contributed by atoms with Crippen molar-refractivity contribution >= 4 is 5.69 Å². The zero-order valence-corrected chi connectivity index (χ0v) is 6.59. The molecule has 2 N–H and O–H groups in total. The Morgan fingerprint density at radius 2 is 2.27 bits per heavy atom. The molecule has 0 aromatic heterocycles. The van der Waals surface area contributed by atoms with Gasteiger partial charge in [-0.1, -0.05) is 12.1 Å². The molecule has 0 aliphatic heterocycles. The molecule has 1 aromatic carbocycles. The lowest BCUT2D eigenvalue weighted by Crippen LogP contribution is -1.93. The van der Waals surface area contributed by atoms with Crippen molar-refractivity contribution in [2.45, 2.75) is 13.3 Å². The van der Waals surface area contributed by atoms with Gasteiger partial charge in [0, 0.05) is 12.1 Å². The SMILES string of the molecule is C#CCc1cccc(N)c1C. The van der Waals surface area contributed by atoms with Gasteiger partial charge in [-0.15, -0.1) is 12.3 Å². The van der Waals surface area contributed by atoms with Crippen molar-refractivity contribution in [1.29, 1.82) is 0 Å². The highest BCUT2D eigenvalue weighted by atomic mass is 14.6. The zero-order chi connectivity index (χ0) is 8.27. The summed E-state index contributed by atoms with van der Waals surface area (Å²) in [6.45, 7) is 1.99. The second-order valence-electron chi connectivity index (χ2n) is 2.51. The Morgan fingerprint density at radius 1 is 1.55 bits per heavy atom. The Morgan fingerprint density at radius 3 is 2.91 bits per heavy atom. The van der Waals surface area contributed by atoms with Crippen LogP contribution in [0.5, 0.6) is 0 Å². The molecule has 1 aromatic rings. The Balaban J connectivity index is 3.08. The highest BCUT2D eigenvalue weighted by Gasteiger charge is 1.97. The number of hydrogen-bond acceptors (Lipinski definition) is 1. The van der Waals surface area contributed by atoms with Crippen LogP contribution in [0.15, 0.2) is 18.2 Å². The number of rotatable bonds is 1. The molecule has 1 rings (SSSR count). The fraction of sp³-hybridized carbons (Fsp3) is 0.200. The number of nitrogen functional groups attached to an aromatic ring is 1. The summed E-state index contributed by atoms with van der Waals surface area (Å²) < 4.78 is 0. The van der Waals surface area contributed by atoms with Gasteiger partial charge in [-0.05, 0) is 24.1 Å². The first-order valence-electron chi connectivity index (χ1n) is 3.53. The van der Waals surface area contributed by atoms with E-state index in [9.17, 15) is 0 Å². The maximum Gasteiger partial charge on any atom is 0.0346 e. The molecule has 0 aliphatic carbocycles. The highest BCUT2D eigenvalue weighted by Crippen LogP contribution is 2.15. The van der Waals surface area contributed by atoms with Gasteiger partial charge in [-0.25, -0.2) is 0 Å². The van der Waals surface area contributed by atoms with Gasteiger partial charge in [0.25, 0.3) is 0 Å². The lowest BCUT2D eigenvalue weighted by atomic mass is 10.0. The molecule has 56 valence electrons. The third-order valence-electron chi connectivity index (χ3n) is 1.78. The first kappa shape index (κ1) is 7.68. The summed E-state index contributed by atoms with van der Waals surface area (Å²) in [6.07, 6.45) is 5.85. The molecule has 11 heavy (non-hydrogen) atoms. The molecular formula is C10H11N. The predicted molar refractivity (Wildman–Crippen MR) is 48.1 cm³/mol. The molecule has 0 aliphatic rings. The fourth-order valence-electron chi connectivity index (χ4n) is 1.00. The molecule has 0 heterocycles. The number of hydrogen-bond donors (Lipinski definition) is 1. The van der Waals surface area contributed by atoms with Crippen molar-refractivity contribution in [2.75, 3.05) is 5.73 Å². The van der Waals surface area contributed by atoms with Crippen LogP contribution in [0.25, 0.3) is 0 Å². The van der Waals surface area contributed by atoms with Crippen LogP contribution in [-0.4, -0.2) is 0 Å². The first-order valence-corrected chi connectivity index (χ1v) is 3.53. The smallest absolute Gasteiger partial charge is 0.0346 e. The van der Waals surface area contributed by atoms with E-state index in [2.05, 4.69) is 5.92 Å². The topological polar surface area (TPSA) is 26.0 Å². The van der Waals surface area contributed by atoms with Crippen LogP contribution in [0, 0.1) is 19.3 Å². The van der Waals surface area contributed by atoms with Crippen molar-refractivity contribution < 1.29 is 0 Å². The molecule has 0 unspecified atom stereocenters. The van der Waals surface area contributed by atoms with E-state index in [1.807, 2.05) is 25.1 Å². The molecule has 1 heteroatoms. The second-order valence-corrected chi connectivity index (χ2v) is 2.51. The van der Waals surface area contributed by atoms with Gasteiger partial charge in [0.1, 0.15) is 0 Å². The molecule has 1 nitrogen and oxygen atoms in total. The quantitative estimate of drug-likeness (QED) is 0.473. The van der Waals surface area contributed by atoms with Crippen molar-refractivity contribution in [3.63, 3.8) is 0 Å². The minimum Gasteiger partial charge on any atom is -0.399 e. The van der Waals surface area contributed by atoms with E-state index in [-0.39, 0.29) is 0 Å². The monoisotopic (exact) mass is 145 g/mol. The van der Waals surface area contributed by atoms with Gasteiger partial charge in [0.2, 0.25) is 0 Å². The van der Waals surface area contributed by atoms with E-state index in [4.69, 9.17) is 12.2 Å². The van der Waals surface area contributed by atoms with Crippen LogP contribution >= 0.6 is 0 Å². The van der Waals surface area contributed by atoms with E-state index in [1.165, 1.54) is 0 Å². The standard InChI is InChI=1S/C10H11N/c1-3-5-9-6-4-7-10(11)8(9)2/h1,4,6-7H,5,11H2,2H3. The molecule has 0 radical (unpaired) electrons. The molecule has 0 saturated heterocycles. The average molecular weight is 145 g/mol. The zero-order valence-electron chi connectivity index (χ0n) is 6.59. The van der Waals surface area contributed by atoms with E-state index >= 15 is 0 Å². The lowest BCUT2D eigenvalue weighted by molar-refractivity contribution is 1.25. The summed E-state index contributed by atoms with van der Waals surface area (Å²) in [7, 11) is 0. The summed E-state index contributed by atoms with van der Waals surface area (Å²) in [6, 6.07) is 5.82. The van der Waals surface area contributed by atoms with Crippen LogP contribution in [0.1, 0.15) is 11.1 Å². The number of anilines is 1. The van der Waals surface area contributed by atoms with Crippen LogP contribution in [0.4, 0.5) is 5.69 Å². The van der Waals surface area contributed by atoms with Gasteiger partial charge in [0.05, 0.1) is 0 Å². The minimum atomic E-state index is 0.664. The highest BCUT2D eigenvalue weighted by molar-refractivity contribution is 5.50. The molecule has 0 spiro atoms. The van der Waals surface area contributed by atoms with Gasteiger partial charge < -0.3 is 5.73 Å². The molecule has 0 amide bonds. The van der Waals surface area contributed by atoms with Gasteiger partial charge in [-0.3, -0.25) is 0 Å². The third-order valence-corrected chi connectivity index (χ3v) is 1.78. The number of benzene rings is 1. The van der Waals surface area contributed by atoms with E-state index in [1.54, 1.807) is 0 Å². The van der Waals surface area contributed by atoms with Gasteiger partial charge in [-0.2, -0.15) is 0 Å². The Labute approximate surface area is 67.2 Å². The number of terminal acetylenes is 1. The molecule has 0 bridgehead atoms. The van der Waals surface area contributed by atoms with Gasteiger partial charge in [0.15, 0.2) is 0 Å². The van der Waals surface area contributed by atoms with Crippen molar-refractivity contribution in [3.05, 3.63) is 29.3 Å². The van der Waals surface area contributed by atoms with E-state index < -0.39 is 0 Å². The number of nitrogens with two attached hydrogens (primary N) is 1. The van der Waals surface area contributed by atoms with Crippen LogP contribution in [0.2, 0.25) is 0 Å². The molecule has 0 fully saturated rings. The molecule has 0 saturated carbocycles. The Kier molecular flexibility index (Phi) is 2.18.